The summed E-state index contributed by atoms with van der Waals surface area (Å²) in [6.45, 7) is 2.40. The van der Waals surface area contributed by atoms with E-state index in [0.29, 0.717) is 17.9 Å². The van der Waals surface area contributed by atoms with Crippen LogP contribution in [0.25, 0.3) is 5.57 Å². The van der Waals surface area contributed by atoms with Gasteiger partial charge in [-0.05, 0) is 13.0 Å². The highest BCUT2D eigenvalue weighted by Crippen LogP contribution is 2.33. The maximum Gasteiger partial charge on any atom is 0.347 e. The summed E-state index contributed by atoms with van der Waals surface area (Å²) < 4.78 is 10.1. The molecule has 0 saturated carbocycles. The first kappa shape index (κ1) is 8.81. The first-order chi connectivity index (χ1) is 6.83. The number of hydrogen-bond donors (Lipinski definition) is 0. The van der Waals surface area contributed by atoms with Crippen molar-refractivity contribution in [3.63, 3.8) is 0 Å². The standard InChI is InChI=1S/C11H10O3/c1-2-13-7-9-8-5-3-4-6-10(8)14-11(9)12/h3-7H,2H2,1H3. The molecule has 0 N–H and O–H groups in total. The summed E-state index contributed by atoms with van der Waals surface area (Å²) in [4.78, 5) is 11.4. The van der Waals surface area contributed by atoms with Gasteiger partial charge in [0.15, 0.2) is 0 Å². The lowest BCUT2D eigenvalue weighted by Crippen LogP contribution is -2.01. The zero-order valence-electron chi connectivity index (χ0n) is 7.82. The van der Waals surface area contributed by atoms with Crippen LogP contribution in [-0.2, 0) is 9.53 Å². The van der Waals surface area contributed by atoms with Crippen LogP contribution >= 0.6 is 0 Å². The van der Waals surface area contributed by atoms with Crippen molar-refractivity contribution < 1.29 is 14.3 Å². The molecule has 0 atom stereocenters. The molecule has 0 fully saturated rings. The summed E-state index contributed by atoms with van der Waals surface area (Å²) in [7, 11) is 0. The molecule has 72 valence electrons. The third kappa shape index (κ3) is 1.37. The van der Waals surface area contributed by atoms with Gasteiger partial charge in [0.1, 0.15) is 11.3 Å². The first-order valence-corrected chi connectivity index (χ1v) is 4.46. The van der Waals surface area contributed by atoms with Crippen LogP contribution in [0.5, 0.6) is 5.75 Å². The van der Waals surface area contributed by atoms with Crippen molar-refractivity contribution in [2.24, 2.45) is 0 Å². The molecule has 1 heterocycles. The highest BCUT2D eigenvalue weighted by Gasteiger charge is 2.26. The topological polar surface area (TPSA) is 35.5 Å². The number of ether oxygens (including phenoxy) is 2. The number of fused-ring (bicyclic) bond motifs is 1. The Kier molecular flexibility index (Phi) is 2.23. The van der Waals surface area contributed by atoms with Crippen LogP contribution in [0, 0.1) is 0 Å². The average Bonchev–Trinajstić information content (AvgIpc) is 2.51. The second-order valence-corrected chi connectivity index (χ2v) is 2.87. The average molecular weight is 190 g/mol. The molecule has 0 aromatic heterocycles. The number of esters is 1. The van der Waals surface area contributed by atoms with Crippen molar-refractivity contribution in [3.05, 3.63) is 36.1 Å². The molecule has 1 aromatic rings. The Morgan fingerprint density at radius 2 is 2.21 bits per heavy atom. The lowest BCUT2D eigenvalue weighted by Gasteiger charge is -1.95. The van der Waals surface area contributed by atoms with Gasteiger partial charge in [0.25, 0.3) is 0 Å². The van der Waals surface area contributed by atoms with Gasteiger partial charge in [0.05, 0.1) is 12.9 Å². The van der Waals surface area contributed by atoms with Crippen molar-refractivity contribution in [2.75, 3.05) is 6.61 Å². The summed E-state index contributed by atoms with van der Waals surface area (Å²) in [6.07, 6.45) is 1.45. The summed E-state index contributed by atoms with van der Waals surface area (Å²) >= 11 is 0. The number of carbonyl (C=O) groups excluding carboxylic acids is 1. The highest BCUT2D eigenvalue weighted by molar-refractivity contribution is 6.21. The van der Waals surface area contributed by atoms with E-state index in [-0.39, 0.29) is 5.97 Å². The van der Waals surface area contributed by atoms with Crippen molar-refractivity contribution in [3.8, 4) is 5.75 Å². The molecule has 0 radical (unpaired) electrons. The second-order valence-electron chi connectivity index (χ2n) is 2.87. The van der Waals surface area contributed by atoms with Gasteiger partial charge < -0.3 is 9.47 Å². The van der Waals surface area contributed by atoms with E-state index in [9.17, 15) is 4.79 Å². The number of benzene rings is 1. The predicted octanol–water partition coefficient (Wildman–Crippen LogP) is 1.98. The Morgan fingerprint density at radius 1 is 1.43 bits per heavy atom. The highest BCUT2D eigenvalue weighted by atomic mass is 16.5. The van der Waals surface area contributed by atoms with Crippen molar-refractivity contribution in [1.82, 2.24) is 0 Å². The molecule has 0 bridgehead atoms. The molecule has 0 aliphatic carbocycles. The fourth-order valence-corrected chi connectivity index (χ4v) is 1.32. The van der Waals surface area contributed by atoms with Gasteiger partial charge >= 0.3 is 5.97 Å². The fraction of sp³-hybridized carbons (Fsp3) is 0.182. The van der Waals surface area contributed by atoms with Crippen LogP contribution in [0.1, 0.15) is 12.5 Å². The van der Waals surface area contributed by atoms with Gasteiger partial charge in [-0.25, -0.2) is 4.79 Å². The summed E-state index contributed by atoms with van der Waals surface area (Å²) in [5.41, 5.74) is 1.29. The largest absolute Gasteiger partial charge is 0.501 e. The summed E-state index contributed by atoms with van der Waals surface area (Å²) in [5.74, 6) is 0.253. The molecular weight excluding hydrogens is 180 g/mol. The van der Waals surface area contributed by atoms with E-state index in [1.807, 2.05) is 25.1 Å². The monoisotopic (exact) mass is 190 g/mol. The van der Waals surface area contributed by atoms with Crippen LogP contribution in [0.4, 0.5) is 0 Å². The van der Waals surface area contributed by atoms with E-state index in [1.165, 1.54) is 6.26 Å². The molecule has 2 rings (SSSR count). The van der Waals surface area contributed by atoms with Crippen molar-refractivity contribution >= 4 is 11.5 Å². The molecule has 1 aliphatic rings. The number of para-hydroxylation sites is 1. The molecule has 1 aromatic carbocycles. The molecule has 0 amide bonds. The van der Waals surface area contributed by atoms with E-state index in [1.54, 1.807) is 6.07 Å². The fourth-order valence-electron chi connectivity index (χ4n) is 1.32. The maximum atomic E-state index is 11.4. The Morgan fingerprint density at radius 3 is 3.00 bits per heavy atom. The zero-order chi connectivity index (χ0) is 9.97. The van der Waals surface area contributed by atoms with E-state index in [2.05, 4.69) is 0 Å². The predicted molar refractivity (Wildman–Crippen MR) is 51.7 cm³/mol. The van der Waals surface area contributed by atoms with Crippen LogP contribution in [0.3, 0.4) is 0 Å². The van der Waals surface area contributed by atoms with Gasteiger partial charge in [-0.1, -0.05) is 18.2 Å². The molecule has 3 nitrogen and oxygen atoms in total. The van der Waals surface area contributed by atoms with Crippen LogP contribution in [-0.4, -0.2) is 12.6 Å². The maximum absolute atomic E-state index is 11.4. The lowest BCUT2D eigenvalue weighted by molar-refractivity contribution is -0.127. The Bertz CT molecular complexity index is 393. The minimum absolute atomic E-state index is 0.348. The molecule has 3 heteroatoms. The van der Waals surface area contributed by atoms with Gasteiger partial charge in [-0.15, -0.1) is 0 Å². The number of rotatable bonds is 2. The van der Waals surface area contributed by atoms with E-state index >= 15 is 0 Å². The van der Waals surface area contributed by atoms with E-state index < -0.39 is 0 Å². The number of hydrogen-bond acceptors (Lipinski definition) is 3. The Hall–Kier alpha value is -1.77. The zero-order valence-corrected chi connectivity index (χ0v) is 7.82. The normalized spacial score (nSPS) is 16.6. The molecular formula is C11H10O3. The smallest absolute Gasteiger partial charge is 0.347 e. The number of carbonyl (C=O) groups is 1. The molecule has 14 heavy (non-hydrogen) atoms. The SMILES string of the molecule is CCOC=C1C(=O)Oc2ccccc21. The van der Waals surface area contributed by atoms with Gasteiger partial charge in [0.2, 0.25) is 0 Å². The third-order valence-electron chi connectivity index (χ3n) is 1.97. The minimum atomic E-state index is -0.348. The Labute approximate surface area is 81.9 Å². The van der Waals surface area contributed by atoms with Gasteiger partial charge in [-0.3, -0.25) is 0 Å². The van der Waals surface area contributed by atoms with Crippen LogP contribution < -0.4 is 4.74 Å². The van der Waals surface area contributed by atoms with E-state index in [0.717, 1.165) is 5.56 Å². The molecule has 1 aliphatic heterocycles. The summed E-state index contributed by atoms with van der Waals surface area (Å²) in [5, 5.41) is 0. The minimum Gasteiger partial charge on any atom is -0.501 e. The second kappa shape index (κ2) is 3.54. The van der Waals surface area contributed by atoms with Crippen LogP contribution in [0.15, 0.2) is 30.5 Å². The lowest BCUT2D eigenvalue weighted by atomic mass is 10.1. The molecule has 0 saturated heterocycles. The van der Waals surface area contributed by atoms with Gasteiger partial charge in [-0.2, -0.15) is 0 Å². The quantitative estimate of drug-likeness (QED) is 0.309. The third-order valence-corrected chi connectivity index (χ3v) is 1.97. The van der Waals surface area contributed by atoms with Crippen molar-refractivity contribution in [2.45, 2.75) is 6.92 Å². The Balaban J connectivity index is 2.39. The molecule has 0 spiro atoms. The first-order valence-electron chi connectivity index (χ1n) is 4.46. The van der Waals surface area contributed by atoms with E-state index in [4.69, 9.17) is 9.47 Å². The summed E-state index contributed by atoms with van der Waals surface area (Å²) in [6, 6.07) is 7.29. The van der Waals surface area contributed by atoms with Gasteiger partial charge in [0, 0.05) is 5.56 Å². The van der Waals surface area contributed by atoms with Crippen LogP contribution in [0.2, 0.25) is 0 Å². The van der Waals surface area contributed by atoms with Crippen molar-refractivity contribution in [1.29, 1.82) is 0 Å². The molecule has 0 unspecified atom stereocenters.